The summed E-state index contributed by atoms with van der Waals surface area (Å²) in [4.78, 5) is 4.19. The van der Waals surface area contributed by atoms with Crippen LogP contribution in [0, 0.1) is 5.92 Å². The molecule has 2 heterocycles. The highest BCUT2D eigenvalue weighted by molar-refractivity contribution is 7.10. The van der Waals surface area contributed by atoms with Gasteiger partial charge in [0.1, 0.15) is 0 Å². The van der Waals surface area contributed by atoms with Crippen molar-refractivity contribution in [3.05, 3.63) is 21.9 Å². The van der Waals surface area contributed by atoms with Crippen molar-refractivity contribution in [3.63, 3.8) is 0 Å². The SMILES string of the molecule is CCc1ccsc1CN1CCNC(C(C)CC)C1. The molecule has 102 valence electrons. The van der Waals surface area contributed by atoms with Crippen LogP contribution in [0.5, 0.6) is 0 Å². The molecule has 0 spiro atoms. The molecule has 0 bridgehead atoms. The summed E-state index contributed by atoms with van der Waals surface area (Å²) in [6, 6.07) is 2.96. The standard InChI is InChI=1S/C15H26N2S/c1-4-12(3)14-10-17(8-7-16-14)11-15-13(5-2)6-9-18-15/h6,9,12,14,16H,4-5,7-8,10-11H2,1-3H3. The van der Waals surface area contributed by atoms with Crippen LogP contribution in [0.15, 0.2) is 11.4 Å². The van der Waals surface area contributed by atoms with E-state index in [2.05, 4.69) is 42.4 Å². The summed E-state index contributed by atoms with van der Waals surface area (Å²) in [6.45, 7) is 11.6. The van der Waals surface area contributed by atoms with E-state index in [0.29, 0.717) is 6.04 Å². The van der Waals surface area contributed by atoms with Crippen molar-refractivity contribution < 1.29 is 0 Å². The maximum Gasteiger partial charge on any atom is 0.0331 e. The van der Waals surface area contributed by atoms with E-state index in [-0.39, 0.29) is 0 Å². The van der Waals surface area contributed by atoms with Gasteiger partial charge in [0.2, 0.25) is 0 Å². The fourth-order valence-electron chi connectivity index (χ4n) is 2.68. The second-order valence-electron chi connectivity index (χ2n) is 5.40. The molecular formula is C15H26N2S. The minimum Gasteiger partial charge on any atom is -0.311 e. The van der Waals surface area contributed by atoms with Crippen molar-refractivity contribution in [1.82, 2.24) is 10.2 Å². The molecule has 0 radical (unpaired) electrons. The molecule has 18 heavy (non-hydrogen) atoms. The number of piperazine rings is 1. The van der Waals surface area contributed by atoms with E-state index in [4.69, 9.17) is 0 Å². The van der Waals surface area contributed by atoms with Crippen LogP contribution in [-0.4, -0.2) is 30.6 Å². The lowest BCUT2D eigenvalue weighted by molar-refractivity contribution is 0.163. The van der Waals surface area contributed by atoms with Crippen LogP contribution < -0.4 is 5.32 Å². The van der Waals surface area contributed by atoms with Gasteiger partial charge in [0.05, 0.1) is 0 Å². The van der Waals surface area contributed by atoms with E-state index in [1.807, 2.05) is 11.3 Å². The van der Waals surface area contributed by atoms with Gasteiger partial charge in [-0.1, -0.05) is 27.2 Å². The summed E-state index contributed by atoms with van der Waals surface area (Å²) >= 11 is 1.92. The zero-order valence-electron chi connectivity index (χ0n) is 11.9. The Morgan fingerprint density at radius 1 is 1.50 bits per heavy atom. The van der Waals surface area contributed by atoms with Crippen LogP contribution in [0.4, 0.5) is 0 Å². The molecule has 3 heteroatoms. The van der Waals surface area contributed by atoms with Crippen molar-refractivity contribution in [2.75, 3.05) is 19.6 Å². The van der Waals surface area contributed by atoms with E-state index in [0.717, 1.165) is 19.0 Å². The maximum atomic E-state index is 3.67. The van der Waals surface area contributed by atoms with Gasteiger partial charge < -0.3 is 5.32 Å². The first-order valence-corrected chi connectivity index (χ1v) is 8.13. The minimum atomic E-state index is 0.675. The van der Waals surface area contributed by atoms with Crippen LogP contribution in [0.3, 0.4) is 0 Å². The lowest BCUT2D eigenvalue weighted by Crippen LogP contribution is -2.52. The highest BCUT2D eigenvalue weighted by atomic mass is 32.1. The Balaban J connectivity index is 1.93. The average Bonchev–Trinajstić information content (AvgIpc) is 2.85. The largest absolute Gasteiger partial charge is 0.311 e. The summed E-state index contributed by atoms with van der Waals surface area (Å²) in [5, 5.41) is 5.91. The molecule has 0 aromatic carbocycles. The zero-order valence-corrected chi connectivity index (χ0v) is 12.7. The highest BCUT2D eigenvalue weighted by Crippen LogP contribution is 2.21. The Morgan fingerprint density at radius 3 is 3.06 bits per heavy atom. The Labute approximate surface area is 115 Å². The molecule has 1 saturated heterocycles. The number of rotatable bonds is 5. The van der Waals surface area contributed by atoms with E-state index in [1.165, 1.54) is 25.9 Å². The lowest BCUT2D eigenvalue weighted by atomic mass is 9.97. The van der Waals surface area contributed by atoms with E-state index >= 15 is 0 Å². The lowest BCUT2D eigenvalue weighted by Gasteiger charge is -2.36. The van der Waals surface area contributed by atoms with Gasteiger partial charge in [-0.15, -0.1) is 11.3 Å². The number of thiophene rings is 1. The Morgan fingerprint density at radius 2 is 2.33 bits per heavy atom. The molecule has 2 atom stereocenters. The second-order valence-corrected chi connectivity index (χ2v) is 6.40. The van der Waals surface area contributed by atoms with Crippen molar-refractivity contribution in [3.8, 4) is 0 Å². The smallest absolute Gasteiger partial charge is 0.0331 e. The van der Waals surface area contributed by atoms with Crippen LogP contribution >= 0.6 is 11.3 Å². The van der Waals surface area contributed by atoms with E-state index < -0.39 is 0 Å². The summed E-state index contributed by atoms with van der Waals surface area (Å²) in [5.74, 6) is 0.779. The monoisotopic (exact) mass is 266 g/mol. The molecule has 0 aliphatic carbocycles. The molecule has 1 fully saturated rings. The number of hydrogen-bond acceptors (Lipinski definition) is 3. The molecule has 1 aliphatic rings. The van der Waals surface area contributed by atoms with Gasteiger partial charge in [0.25, 0.3) is 0 Å². The molecule has 1 aromatic heterocycles. The fourth-order valence-corrected chi connectivity index (χ4v) is 3.69. The fraction of sp³-hybridized carbons (Fsp3) is 0.733. The third kappa shape index (κ3) is 3.34. The molecule has 1 aliphatic heterocycles. The summed E-state index contributed by atoms with van der Waals surface area (Å²) in [6.07, 6.45) is 2.43. The third-order valence-electron chi connectivity index (χ3n) is 4.21. The molecule has 1 N–H and O–H groups in total. The van der Waals surface area contributed by atoms with Crippen molar-refractivity contribution in [2.45, 2.75) is 46.2 Å². The number of hydrogen-bond donors (Lipinski definition) is 1. The predicted octanol–water partition coefficient (Wildman–Crippen LogP) is 3.13. The van der Waals surface area contributed by atoms with Crippen LogP contribution in [0.2, 0.25) is 0 Å². The van der Waals surface area contributed by atoms with Crippen LogP contribution in [0.25, 0.3) is 0 Å². The molecule has 2 unspecified atom stereocenters. The number of nitrogens with zero attached hydrogens (tertiary/aromatic N) is 1. The van der Waals surface area contributed by atoms with E-state index in [1.54, 1.807) is 10.4 Å². The van der Waals surface area contributed by atoms with Gasteiger partial charge in [-0.2, -0.15) is 0 Å². The van der Waals surface area contributed by atoms with Gasteiger partial charge in [-0.25, -0.2) is 0 Å². The molecule has 1 aromatic rings. The van der Waals surface area contributed by atoms with Crippen LogP contribution in [-0.2, 0) is 13.0 Å². The Kier molecular flexibility index (Phi) is 5.22. The predicted molar refractivity (Wildman–Crippen MR) is 80.2 cm³/mol. The molecule has 2 nitrogen and oxygen atoms in total. The topological polar surface area (TPSA) is 15.3 Å². The number of aryl methyl sites for hydroxylation is 1. The first-order chi connectivity index (χ1) is 8.74. The average molecular weight is 266 g/mol. The first-order valence-electron chi connectivity index (χ1n) is 7.25. The maximum absolute atomic E-state index is 3.67. The van der Waals surface area contributed by atoms with Crippen molar-refractivity contribution in [1.29, 1.82) is 0 Å². The quantitative estimate of drug-likeness (QED) is 0.881. The zero-order chi connectivity index (χ0) is 13.0. The number of nitrogens with one attached hydrogen (secondary N) is 1. The normalized spacial score (nSPS) is 23.2. The second kappa shape index (κ2) is 6.69. The highest BCUT2D eigenvalue weighted by Gasteiger charge is 2.23. The van der Waals surface area contributed by atoms with Crippen molar-refractivity contribution in [2.24, 2.45) is 5.92 Å². The van der Waals surface area contributed by atoms with Gasteiger partial charge in [0, 0.05) is 37.1 Å². The Bertz CT molecular complexity index is 361. The third-order valence-corrected chi connectivity index (χ3v) is 5.15. The molecule has 0 amide bonds. The van der Waals surface area contributed by atoms with E-state index in [9.17, 15) is 0 Å². The van der Waals surface area contributed by atoms with Gasteiger partial charge in [0.15, 0.2) is 0 Å². The van der Waals surface area contributed by atoms with Crippen molar-refractivity contribution >= 4 is 11.3 Å². The molecule has 2 rings (SSSR count). The minimum absolute atomic E-state index is 0.675. The summed E-state index contributed by atoms with van der Waals surface area (Å²) in [7, 11) is 0. The summed E-state index contributed by atoms with van der Waals surface area (Å²) in [5.41, 5.74) is 1.54. The van der Waals surface area contributed by atoms with Gasteiger partial charge in [-0.3, -0.25) is 4.90 Å². The van der Waals surface area contributed by atoms with Crippen LogP contribution in [0.1, 0.15) is 37.6 Å². The molecular weight excluding hydrogens is 240 g/mol. The first kappa shape index (κ1) is 14.0. The van der Waals surface area contributed by atoms with Gasteiger partial charge >= 0.3 is 0 Å². The van der Waals surface area contributed by atoms with Gasteiger partial charge in [-0.05, 0) is 29.3 Å². The Hall–Kier alpha value is -0.380. The summed E-state index contributed by atoms with van der Waals surface area (Å²) < 4.78 is 0. The molecule has 0 saturated carbocycles.